The van der Waals surface area contributed by atoms with Gasteiger partial charge in [-0.25, -0.2) is 4.39 Å². The first-order valence-corrected chi connectivity index (χ1v) is 7.23. The van der Waals surface area contributed by atoms with Crippen LogP contribution in [0.15, 0.2) is 18.2 Å². The Labute approximate surface area is 115 Å². The highest BCUT2D eigenvalue weighted by molar-refractivity contribution is 5.26. The molecule has 2 nitrogen and oxygen atoms in total. The molecule has 2 atom stereocenters. The van der Waals surface area contributed by atoms with Gasteiger partial charge in [0.2, 0.25) is 0 Å². The van der Waals surface area contributed by atoms with Crippen molar-refractivity contribution in [3.05, 3.63) is 35.1 Å². The number of likely N-dealkylation sites (tertiary alicyclic amines) is 1. The van der Waals surface area contributed by atoms with Crippen molar-refractivity contribution in [2.75, 3.05) is 6.54 Å². The van der Waals surface area contributed by atoms with Crippen LogP contribution in [0.25, 0.3) is 0 Å². The molecule has 1 heterocycles. The molecule has 106 valence electrons. The van der Waals surface area contributed by atoms with Crippen LogP contribution in [0.4, 0.5) is 4.39 Å². The smallest absolute Gasteiger partial charge is 0.123 e. The molecule has 1 aromatic rings. The van der Waals surface area contributed by atoms with Crippen LogP contribution >= 0.6 is 0 Å². The van der Waals surface area contributed by atoms with Crippen molar-refractivity contribution in [3.8, 4) is 0 Å². The zero-order valence-corrected chi connectivity index (χ0v) is 11.9. The van der Waals surface area contributed by atoms with E-state index in [1.807, 2.05) is 19.9 Å². The summed E-state index contributed by atoms with van der Waals surface area (Å²) in [4.78, 5) is 2.44. The van der Waals surface area contributed by atoms with Crippen molar-refractivity contribution in [1.29, 1.82) is 0 Å². The Balaban J connectivity index is 2.06. The largest absolute Gasteiger partial charge is 0.393 e. The van der Waals surface area contributed by atoms with E-state index >= 15 is 0 Å². The number of nitrogens with zero attached hydrogens (tertiary/aromatic N) is 1. The summed E-state index contributed by atoms with van der Waals surface area (Å²) in [5.41, 5.74) is 2.21. The van der Waals surface area contributed by atoms with Crippen molar-refractivity contribution < 1.29 is 9.50 Å². The highest BCUT2D eigenvalue weighted by atomic mass is 19.1. The van der Waals surface area contributed by atoms with Gasteiger partial charge in [-0.05, 0) is 62.9 Å². The predicted molar refractivity (Wildman–Crippen MR) is 75.5 cm³/mol. The SMILES string of the molecule is Cc1cc(F)ccc1CN1CCCCC1CC(C)O. The van der Waals surface area contributed by atoms with Gasteiger partial charge >= 0.3 is 0 Å². The standard InChI is InChI=1S/C16H24FNO/c1-12-9-15(17)7-6-14(12)11-18-8-4-3-5-16(18)10-13(2)19/h6-7,9,13,16,19H,3-5,8,10-11H2,1-2H3. The van der Waals surface area contributed by atoms with Gasteiger partial charge in [-0.15, -0.1) is 0 Å². The molecule has 2 rings (SSSR count). The predicted octanol–water partition coefficient (Wildman–Crippen LogP) is 3.26. The van der Waals surface area contributed by atoms with Gasteiger partial charge < -0.3 is 5.11 Å². The van der Waals surface area contributed by atoms with Crippen LogP contribution in [-0.2, 0) is 6.54 Å². The van der Waals surface area contributed by atoms with E-state index in [4.69, 9.17) is 0 Å². The van der Waals surface area contributed by atoms with Gasteiger partial charge in [0.15, 0.2) is 0 Å². The van der Waals surface area contributed by atoms with E-state index in [9.17, 15) is 9.50 Å². The highest BCUT2D eigenvalue weighted by Crippen LogP contribution is 2.24. The first-order chi connectivity index (χ1) is 9.06. The van der Waals surface area contributed by atoms with Gasteiger partial charge in [0.1, 0.15) is 5.82 Å². The average Bonchev–Trinajstić information content (AvgIpc) is 2.34. The first-order valence-electron chi connectivity index (χ1n) is 7.23. The molecule has 1 aromatic carbocycles. The lowest BCUT2D eigenvalue weighted by atomic mass is 9.96. The summed E-state index contributed by atoms with van der Waals surface area (Å²) in [6, 6.07) is 5.48. The van der Waals surface area contributed by atoms with Crippen LogP contribution in [0.3, 0.4) is 0 Å². The molecule has 1 aliphatic rings. The van der Waals surface area contributed by atoms with Crippen LogP contribution in [0, 0.1) is 12.7 Å². The molecule has 0 aliphatic carbocycles. The molecule has 1 fully saturated rings. The van der Waals surface area contributed by atoms with E-state index in [0.717, 1.165) is 31.5 Å². The Morgan fingerprint density at radius 2 is 2.21 bits per heavy atom. The van der Waals surface area contributed by atoms with Gasteiger partial charge in [-0.2, -0.15) is 0 Å². The summed E-state index contributed by atoms with van der Waals surface area (Å²) in [6.45, 7) is 5.76. The molecule has 1 aliphatic heterocycles. The van der Waals surface area contributed by atoms with E-state index < -0.39 is 0 Å². The van der Waals surface area contributed by atoms with Crippen molar-refractivity contribution >= 4 is 0 Å². The number of hydrogen-bond donors (Lipinski definition) is 1. The van der Waals surface area contributed by atoms with Crippen LogP contribution < -0.4 is 0 Å². The first kappa shape index (κ1) is 14.5. The number of hydrogen-bond acceptors (Lipinski definition) is 2. The molecule has 0 aromatic heterocycles. The second-order valence-corrected chi connectivity index (χ2v) is 5.78. The maximum absolute atomic E-state index is 13.1. The zero-order valence-electron chi connectivity index (χ0n) is 11.9. The third kappa shape index (κ3) is 4.02. The molecular weight excluding hydrogens is 241 g/mol. The lowest BCUT2D eigenvalue weighted by Crippen LogP contribution is -2.40. The number of piperidine rings is 1. The molecule has 1 saturated heterocycles. The monoisotopic (exact) mass is 265 g/mol. The summed E-state index contributed by atoms with van der Waals surface area (Å²) < 4.78 is 13.1. The topological polar surface area (TPSA) is 23.5 Å². The second kappa shape index (κ2) is 6.49. The maximum atomic E-state index is 13.1. The Bertz CT molecular complexity index is 419. The Kier molecular flexibility index (Phi) is 4.94. The number of benzene rings is 1. The molecule has 0 spiro atoms. The number of aliphatic hydroxyl groups excluding tert-OH is 1. The molecule has 0 bridgehead atoms. The third-order valence-corrected chi connectivity index (χ3v) is 4.04. The fraction of sp³-hybridized carbons (Fsp3) is 0.625. The van der Waals surface area contributed by atoms with Crippen molar-refractivity contribution in [1.82, 2.24) is 4.90 Å². The van der Waals surface area contributed by atoms with E-state index in [0.29, 0.717) is 6.04 Å². The van der Waals surface area contributed by atoms with Crippen LogP contribution in [0.2, 0.25) is 0 Å². The van der Waals surface area contributed by atoms with E-state index in [1.165, 1.54) is 24.5 Å². The van der Waals surface area contributed by atoms with E-state index in [2.05, 4.69) is 4.90 Å². The fourth-order valence-electron chi connectivity index (χ4n) is 2.98. The third-order valence-electron chi connectivity index (χ3n) is 4.04. The molecule has 1 N–H and O–H groups in total. The maximum Gasteiger partial charge on any atom is 0.123 e. The number of rotatable bonds is 4. The van der Waals surface area contributed by atoms with Crippen LogP contribution in [-0.4, -0.2) is 28.7 Å². The Hall–Kier alpha value is -0.930. The van der Waals surface area contributed by atoms with Gasteiger partial charge in [-0.1, -0.05) is 12.5 Å². The second-order valence-electron chi connectivity index (χ2n) is 5.78. The zero-order chi connectivity index (χ0) is 13.8. The summed E-state index contributed by atoms with van der Waals surface area (Å²) in [7, 11) is 0. The summed E-state index contributed by atoms with van der Waals surface area (Å²) in [5.74, 6) is -0.166. The van der Waals surface area contributed by atoms with E-state index in [-0.39, 0.29) is 11.9 Å². The molecule has 2 unspecified atom stereocenters. The van der Waals surface area contributed by atoms with Crippen molar-refractivity contribution in [2.45, 2.75) is 58.2 Å². The van der Waals surface area contributed by atoms with E-state index in [1.54, 1.807) is 6.07 Å². The fourth-order valence-corrected chi connectivity index (χ4v) is 2.98. The number of aliphatic hydroxyl groups is 1. The van der Waals surface area contributed by atoms with Gasteiger partial charge in [0.25, 0.3) is 0 Å². The average molecular weight is 265 g/mol. The lowest BCUT2D eigenvalue weighted by molar-refractivity contribution is 0.0816. The molecule has 0 saturated carbocycles. The summed E-state index contributed by atoms with van der Waals surface area (Å²) in [6.07, 6.45) is 4.21. The summed E-state index contributed by atoms with van der Waals surface area (Å²) >= 11 is 0. The molecular formula is C16H24FNO. The molecule has 3 heteroatoms. The van der Waals surface area contributed by atoms with Gasteiger partial charge in [-0.3, -0.25) is 4.90 Å². The Morgan fingerprint density at radius 1 is 1.42 bits per heavy atom. The minimum Gasteiger partial charge on any atom is -0.393 e. The normalized spacial score (nSPS) is 22.4. The number of halogens is 1. The highest BCUT2D eigenvalue weighted by Gasteiger charge is 2.23. The molecule has 0 amide bonds. The Morgan fingerprint density at radius 3 is 2.89 bits per heavy atom. The molecule has 0 radical (unpaired) electrons. The quantitative estimate of drug-likeness (QED) is 0.903. The summed E-state index contributed by atoms with van der Waals surface area (Å²) in [5, 5.41) is 9.60. The van der Waals surface area contributed by atoms with Gasteiger partial charge in [0.05, 0.1) is 6.10 Å². The van der Waals surface area contributed by atoms with Gasteiger partial charge in [0, 0.05) is 12.6 Å². The minimum absolute atomic E-state index is 0.166. The van der Waals surface area contributed by atoms with Crippen LogP contribution in [0.1, 0.15) is 43.7 Å². The lowest BCUT2D eigenvalue weighted by Gasteiger charge is -2.36. The van der Waals surface area contributed by atoms with Crippen molar-refractivity contribution in [2.24, 2.45) is 0 Å². The minimum atomic E-state index is -0.250. The van der Waals surface area contributed by atoms with Crippen LogP contribution in [0.5, 0.6) is 0 Å². The molecule has 19 heavy (non-hydrogen) atoms. The number of aryl methyl sites for hydroxylation is 1. The van der Waals surface area contributed by atoms with Crippen molar-refractivity contribution in [3.63, 3.8) is 0 Å².